The molecule has 0 radical (unpaired) electrons. The summed E-state index contributed by atoms with van der Waals surface area (Å²) < 4.78 is 51.3. The van der Waals surface area contributed by atoms with Crippen molar-refractivity contribution in [1.82, 2.24) is 0 Å². The van der Waals surface area contributed by atoms with Gasteiger partial charge in [0.15, 0.2) is 0 Å². The van der Waals surface area contributed by atoms with Gasteiger partial charge in [0.1, 0.15) is 11.8 Å². The van der Waals surface area contributed by atoms with Crippen molar-refractivity contribution < 1.29 is 21.5 Å². The summed E-state index contributed by atoms with van der Waals surface area (Å²) in [5, 5.41) is 10.8. The van der Waals surface area contributed by atoms with Gasteiger partial charge in [-0.25, -0.2) is 0 Å². The van der Waals surface area contributed by atoms with Crippen LogP contribution in [0.3, 0.4) is 0 Å². The zero-order valence-corrected chi connectivity index (χ0v) is 9.72. The van der Waals surface area contributed by atoms with E-state index in [1.165, 1.54) is 0 Å². The van der Waals surface area contributed by atoms with E-state index in [-0.39, 0.29) is 5.75 Å². The van der Waals surface area contributed by atoms with E-state index < -0.39 is 21.8 Å². The van der Waals surface area contributed by atoms with E-state index in [2.05, 4.69) is 9.44 Å². The third kappa shape index (κ3) is 5.02. The number of nitrogens with zero attached hydrogens (tertiary/aromatic N) is 2. The number of nitriles is 1. The largest absolute Gasteiger partial charge is 0.373 e. The van der Waals surface area contributed by atoms with Gasteiger partial charge >= 0.3 is 16.0 Å². The summed E-state index contributed by atoms with van der Waals surface area (Å²) in [5.41, 5.74) is -0.991. The standard InChI is InChI=1S/C8H12F2N2O3S/c1-3-4-5-16(13,14)15-12-7(2)8(9,10)6-11/h3-5H2,1-2H3. The van der Waals surface area contributed by atoms with Crippen LogP contribution in [0.4, 0.5) is 8.78 Å². The van der Waals surface area contributed by atoms with Crippen molar-refractivity contribution in [2.45, 2.75) is 32.6 Å². The molecule has 0 unspecified atom stereocenters. The van der Waals surface area contributed by atoms with Gasteiger partial charge in [-0.2, -0.15) is 22.5 Å². The Hall–Kier alpha value is -1.23. The Bertz CT molecular complexity index is 398. The number of oxime groups is 1. The van der Waals surface area contributed by atoms with Crippen LogP contribution in [-0.2, 0) is 14.4 Å². The Morgan fingerprint density at radius 3 is 2.56 bits per heavy atom. The molecule has 0 fully saturated rings. The summed E-state index contributed by atoms with van der Waals surface area (Å²) in [6.07, 6.45) is 0.977. The number of hydrogen-bond acceptors (Lipinski definition) is 5. The van der Waals surface area contributed by atoms with Crippen molar-refractivity contribution in [3.05, 3.63) is 0 Å². The minimum atomic E-state index is -3.94. The molecule has 0 aliphatic rings. The molecule has 0 aromatic carbocycles. The molecule has 0 saturated carbocycles. The number of rotatable bonds is 6. The van der Waals surface area contributed by atoms with Crippen LogP contribution >= 0.6 is 0 Å². The lowest BCUT2D eigenvalue weighted by atomic mass is 10.2. The number of halogens is 2. The highest BCUT2D eigenvalue weighted by Gasteiger charge is 2.33. The molecule has 0 atom stereocenters. The second-order valence-corrected chi connectivity index (χ2v) is 4.73. The van der Waals surface area contributed by atoms with Crippen LogP contribution in [-0.4, -0.2) is 25.8 Å². The summed E-state index contributed by atoms with van der Waals surface area (Å²) in [6, 6.07) is 0.682. The predicted molar refractivity (Wildman–Crippen MR) is 53.4 cm³/mol. The van der Waals surface area contributed by atoms with Crippen molar-refractivity contribution >= 4 is 15.8 Å². The molecular weight excluding hydrogens is 242 g/mol. The molecule has 0 aliphatic heterocycles. The SMILES string of the molecule is CCCCS(=O)(=O)ON=C(C)C(F)(F)C#N. The molecule has 0 rings (SSSR count). The highest BCUT2D eigenvalue weighted by molar-refractivity contribution is 7.86. The zero-order valence-electron chi connectivity index (χ0n) is 8.90. The van der Waals surface area contributed by atoms with Crippen LogP contribution < -0.4 is 0 Å². The quantitative estimate of drug-likeness (QED) is 0.533. The molecule has 92 valence electrons. The van der Waals surface area contributed by atoms with Crippen molar-refractivity contribution in [3.63, 3.8) is 0 Å². The maximum Gasteiger partial charge on any atom is 0.373 e. The Kier molecular flexibility index (Phi) is 5.30. The molecule has 0 amide bonds. The fourth-order valence-electron chi connectivity index (χ4n) is 0.609. The van der Waals surface area contributed by atoms with Gasteiger partial charge in [-0.3, -0.25) is 4.28 Å². The van der Waals surface area contributed by atoms with Gasteiger partial charge in [-0.1, -0.05) is 18.5 Å². The van der Waals surface area contributed by atoms with Gasteiger partial charge in [0, 0.05) is 0 Å². The summed E-state index contributed by atoms with van der Waals surface area (Å²) in [5.74, 6) is -4.11. The maximum absolute atomic E-state index is 12.6. The lowest BCUT2D eigenvalue weighted by Gasteiger charge is -2.06. The normalized spacial score (nSPS) is 13.3. The van der Waals surface area contributed by atoms with Gasteiger partial charge in [-0.15, -0.1) is 0 Å². The van der Waals surface area contributed by atoms with Crippen LogP contribution in [0.5, 0.6) is 0 Å². The predicted octanol–water partition coefficient (Wildman–Crippen LogP) is 1.67. The van der Waals surface area contributed by atoms with E-state index in [4.69, 9.17) is 5.26 Å². The molecule has 0 spiro atoms. The summed E-state index contributed by atoms with van der Waals surface area (Å²) in [6.45, 7) is 2.59. The van der Waals surface area contributed by atoms with Gasteiger partial charge < -0.3 is 0 Å². The Morgan fingerprint density at radius 2 is 2.12 bits per heavy atom. The first kappa shape index (κ1) is 14.8. The minimum Gasteiger partial charge on any atom is -0.268 e. The fourth-order valence-corrected chi connectivity index (χ4v) is 1.55. The monoisotopic (exact) mass is 254 g/mol. The first-order chi connectivity index (χ1) is 7.25. The molecule has 0 N–H and O–H groups in total. The van der Waals surface area contributed by atoms with Crippen LogP contribution in [0.1, 0.15) is 26.7 Å². The molecule has 0 aliphatic carbocycles. The van der Waals surface area contributed by atoms with Crippen molar-refractivity contribution in [2.75, 3.05) is 5.75 Å². The maximum atomic E-state index is 12.6. The fraction of sp³-hybridized carbons (Fsp3) is 0.750. The third-order valence-corrected chi connectivity index (χ3v) is 2.72. The van der Waals surface area contributed by atoms with E-state index >= 15 is 0 Å². The third-order valence-electron chi connectivity index (χ3n) is 1.63. The second-order valence-electron chi connectivity index (χ2n) is 3.05. The highest BCUT2D eigenvalue weighted by atomic mass is 32.2. The number of hydrogen-bond donors (Lipinski definition) is 0. The zero-order chi connectivity index (χ0) is 12.8. The molecule has 0 aromatic rings. The molecule has 16 heavy (non-hydrogen) atoms. The van der Waals surface area contributed by atoms with Crippen LogP contribution in [0.15, 0.2) is 5.16 Å². The van der Waals surface area contributed by atoms with E-state index in [1.807, 2.05) is 0 Å². The summed E-state index contributed by atoms with van der Waals surface area (Å²) >= 11 is 0. The van der Waals surface area contributed by atoms with E-state index in [9.17, 15) is 17.2 Å². The van der Waals surface area contributed by atoms with Gasteiger partial charge in [-0.05, 0) is 13.3 Å². The Labute approximate surface area is 92.8 Å². The van der Waals surface area contributed by atoms with E-state index in [0.717, 1.165) is 6.92 Å². The van der Waals surface area contributed by atoms with E-state index in [0.29, 0.717) is 18.9 Å². The van der Waals surface area contributed by atoms with Crippen LogP contribution in [0.2, 0.25) is 0 Å². The molecular formula is C8H12F2N2O3S. The van der Waals surface area contributed by atoms with Gasteiger partial charge in [0.05, 0.1) is 5.75 Å². The summed E-state index contributed by atoms with van der Waals surface area (Å²) in [7, 11) is -3.94. The topological polar surface area (TPSA) is 79.5 Å². The van der Waals surface area contributed by atoms with Gasteiger partial charge in [0.2, 0.25) is 0 Å². The van der Waals surface area contributed by atoms with Crippen molar-refractivity contribution in [3.8, 4) is 6.07 Å². The second kappa shape index (κ2) is 5.75. The Morgan fingerprint density at radius 1 is 1.56 bits per heavy atom. The first-order valence-electron chi connectivity index (χ1n) is 4.50. The lowest BCUT2D eigenvalue weighted by Crippen LogP contribution is -2.24. The molecule has 0 aromatic heterocycles. The van der Waals surface area contributed by atoms with Gasteiger partial charge in [0.25, 0.3) is 0 Å². The van der Waals surface area contributed by atoms with Crippen LogP contribution in [0.25, 0.3) is 0 Å². The minimum absolute atomic E-state index is 0.293. The highest BCUT2D eigenvalue weighted by Crippen LogP contribution is 2.14. The Balaban J connectivity index is 4.56. The molecule has 0 saturated heterocycles. The molecule has 8 heteroatoms. The molecule has 0 bridgehead atoms. The van der Waals surface area contributed by atoms with E-state index in [1.54, 1.807) is 6.92 Å². The average molecular weight is 254 g/mol. The average Bonchev–Trinajstić information content (AvgIpc) is 2.23. The molecule has 0 heterocycles. The summed E-state index contributed by atoms with van der Waals surface area (Å²) in [4.78, 5) is 0. The van der Waals surface area contributed by atoms with Crippen LogP contribution in [0, 0.1) is 11.3 Å². The number of unbranched alkanes of at least 4 members (excludes halogenated alkanes) is 1. The lowest BCUT2D eigenvalue weighted by molar-refractivity contribution is 0.138. The number of alkyl halides is 2. The molecule has 5 nitrogen and oxygen atoms in total. The first-order valence-corrected chi connectivity index (χ1v) is 6.08. The smallest absolute Gasteiger partial charge is 0.268 e. The van der Waals surface area contributed by atoms with Crippen molar-refractivity contribution in [2.24, 2.45) is 5.16 Å². The van der Waals surface area contributed by atoms with Crippen molar-refractivity contribution in [1.29, 1.82) is 5.26 Å².